The van der Waals surface area contributed by atoms with Crippen molar-refractivity contribution in [2.45, 2.75) is 118 Å². The molecule has 5 rings (SSSR count). The number of nitrogens with one attached hydrogen (secondary N) is 1. The molecule has 9 atom stereocenters. The van der Waals surface area contributed by atoms with Gasteiger partial charge in [-0.3, -0.25) is 10.2 Å². The van der Waals surface area contributed by atoms with Gasteiger partial charge in [0.05, 0.1) is 17.6 Å². The Kier molecular flexibility index (Phi) is 5.56. The van der Waals surface area contributed by atoms with Crippen molar-refractivity contribution in [3.05, 3.63) is 11.6 Å². The van der Waals surface area contributed by atoms with Crippen molar-refractivity contribution in [1.29, 1.82) is 0 Å². The molecule has 4 saturated carbocycles. The van der Waals surface area contributed by atoms with Crippen molar-refractivity contribution < 1.29 is 15.0 Å². The number of aliphatic hydroxyl groups excluding tert-OH is 2. The second-order valence-electron chi connectivity index (χ2n) is 15.4. The molecule has 35 heavy (non-hydrogen) atoms. The Hall–Kier alpha value is -0.910. The molecular weight excluding hydrogens is 436 g/mol. The summed E-state index contributed by atoms with van der Waals surface area (Å²) in [6.07, 6.45) is 10.1. The molecule has 198 valence electrons. The average molecular weight is 487 g/mol. The first-order chi connectivity index (χ1) is 16.1. The van der Waals surface area contributed by atoms with E-state index in [0.717, 1.165) is 51.4 Å². The molecule has 1 amide bonds. The summed E-state index contributed by atoms with van der Waals surface area (Å²) in [5.41, 5.74) is 3.75. The van der Waals surface area contributed by atoms with Gasteiger partial charge in [0.2, 0.25) is 5.91 Å². The van der Waals surface area contributed by atoms with Crippen molar-refractivity contribution in [3.63, 3.8) is 0 Å². The quantitative estimate of drug-likeness (QED) is 0.179. The SMILES string of the molecule is CC1(C)CC[C@]2(C(=O)NN)CC[C@]3(C)C(=CC[C@@H]4[C@@]5(C)C[C@H](O)[C@H](O)C(C)(C)[C@@H]5CC[C@]43C)[C@@H]2C1. The van der Waals surface area contributed by atoms with E-state index in [0.29, 0.717) is 18.3 Å². The third-order valence-corrected chi connectivity index (χ3v) is 13.2. The summed E-state index contributed by atoms with van der Waals surface area (Å²) >= 11 is 0. The number of hydrogen-bond donors (Lipinski definition) is 4. The van der Waals surface area contributed by atoms with Crippen LogP contribution in [0.4, 0.5) is 0 Å². The highest BCUT2D eigenvalue weighted by Gasteiger charge is 2.69. The summed E-state index contributed by atoms with van der Waals surface area (Å²) in [7, 11) is 0. The summed E-state index contributed by atoms with van der Waals surface area (Å²) in [6, 6.07) is 0. The minimum atomic E-state index is -0.668. The van der Waals surface area contributed by atoms with E-state index < -0.39 is 12.2 Å². The van der Waals surface area contributed by atoms with Crippen molar-refractivity contribution in [2.24, 2.45) is 56.1 Å². The Bertz CT molecular complexity index is 942. The van der Waals surface area contributed by atoms with Gasteiger partial charge in [0.1, 0.15) is 0 Å². The molecule has 0 unspecified atom stereocenters. The number of hydrazine groups is 1. The molecule has 5 heteroatoms. The lowest BCUT2D eigenvalue weighted by Crippen LogP contribution is -2.67. The van der Waals surface area contributed by atoms with Crippen molar-refractivity contribution in [1.82, 2.24) is 5.43 Å². The predicted molar refractivity (Wildman–Crippen MR) is 139 cm³/mol. The van der Waals surface area contributed by atoms with Gasteiger partial charge < -0.3 is 10.2 Å². The Balaban J connectivity index is 1.61. The van der Waals surface area contributed by atoms with Gasteiger partial charge in [0, 0.05) is 0 Å². The number of hydrogen-bond acceptors (Lipinski definition) is 4. The minimum absolute atomic E-state index is 0.0187. The molecule has 0 saturated heterocycles. The summed E-state index contributed by atoms with van der Waals surface area (Å²) in [5.74, 6) is 6.91. The lowest BCUT2D eigenvalue weighted by Gasteiger charge is -2.71. The van der Waals surface area contributed by atoms with Crippen LogP contribution in [0.3, 0.4) is 0 Å². The molecular formula is C30H50N2O3. The first-order valence-corrected chi connectivity index (χ1v) is 14.2. The van der Waals surface area contributed by atoms with E-state index in [4.69, 9.17) is 5.84 Å². The zero-order chi connectivity index (χ0) is 25.8. The minimum Gasteiger partial charge on any atom is -0.390 e. The van der Waals surface area contributed by atoms with E-state index in [2.05, 4.69) is 60.0 Å². The third-order valence-electron chi connectivity index (χ3n) is 13.2. The van der Waals surface area contributed by atoms with Crippen molar-refractivity contribution in [2.75, 3.05) is 0 Å². The number of nitrogens with two attached hydrogens (primary N) is 1. The lowest BCUT2D eigenvalue weighted by atomic mass is 9.33. The Morgan fingerprint density at radius 2 is 1.60 bits per heavy atom. The van der Waals surface area contributed by atoms with E-state index >= 15 is 0 Å². The number of allylic oxidation sites excluding steroid dienone is 2. The Morgan fingerprint density at radius 3 is 2.26 bits per heavy atom. The Morgan fingerprint density at radius 1 is 0.943 bits per heavy atom. The van der Waals surface area contributed by atoms with Gasteiger partial charge >= 0.3 is 0 Å². The molecule has 0 aliphatic heterocycles. The van der Waals surface area contributed by atoms with Crippen LogP contribution in [0.5, 0.6) is 0 Å². The van der Waals surface area contributed by atoms with Crippen LogP contribution in [0, 0.1) is 50.2 Å². The highest BCUT2D eigenvalue weighted by molar-refractivity contribution is 5.83. The number of aliphatic hydroxyl groups is 2. The second-order valence-corrected chi connectivity index (χ2v) is 15.4. The van der Waals surface area contributed by atoms with Gasteiger partial charge in [0.25, 0.3) is 0 Å². The first-order valence-electron chi connectivity index (χ1n) is 14.2. The maximum atomic E-state index is 13.3. The van der Waals surface area contributed by atoms with Crippen LogP contribution in [0.1, 0.15) is 106 Å². The largest absolute Gasteiger partial charge is 0.390 e. The monoisotopic (exact) mass is 486 g/mol. The summed E-state index contributed by atoms with van der Waals surface area (Å²) in [5, 5.41) is 21.9. The van der Waals surface area contributed by atoms with E-state index in [-0.39, 0.29) is 44.3 Å². The average Bonchev–Trinajstić information content (AvgIpc) is 2.77. The standard InChI is InChI=1S/C30H50N2O3/c1-25(2)12-14-30(24(35)32-31)15-13-28(6)18(19(30)16-25)8-9-22-27(5)17-20(33)23(34)26(3,4)21(27)10-11-29(22,28)7/h8,19-23,33-34H,9-17,31H2,1-7H3,(H,32,35)/t19-,20-,21-,22+,23-,27-,28+,29+,30-/m0/s1. The smallest absolute Gasteiger partial charge is 0.240 e. The fourth-order valence-corrected chi connectivity index (χ4v) is 10.9. The van der Waals surface area contributed by atoms with E-state index in [1.807, 2.05) is 0 Å². The Labute approximate surface area is 212 Å². The van der Waals surface area contributed by atoms with Gasteiger partial charge in [-0.15, -0.1) is 0 Å². The van der Waals surface area contributed by atoms with Crippen LogP contribution in [-0.2, 0) is 4.79 Å². The molecule has 5 aliphatic carbocycles. The number of carbonyl (C=O) groups is 1. The van der Waals surface area contributed by atoms with Gasteiger partial charge in [-0.25, -0.2) is 5.84 Å². The molecule has 0 bridgehead atoms. The van der Waals surface area contributed by atoms with E-state index in [9.17, 15) is 15.0 Å². The van der Waals surface area contributed by atoms with Crippen LogP contribution >= 0.6 is 0 Å². The molecule has 5 N–H and O–H groups in total. The lowest BCUT2D eigenvalue weighted by molar-refractivity contribution is -0.231. The zero-order valence-corrected chi connectivity index (χ0v) is 23.2. The molecule has 0 radical (unpaired) electrons. The highest BCUT2D eigenvalue weighted by atomic mass is 16.3. The molecule has 0 aromatic heterocycles. The number of carbonyl (C=O) groups excluding carboxylic acids is 1. The molecule has 4 fully saturated rings. The van der Waals surface area contributed by atoms with Crippen LogP contribution in [0.2, 0.25) is 0 Å². The second kappa shape index (κ2) is 7.57. The van der Waals surface area contributed by atoms with Crippen molar-refractivity contribution in [3.8, 4) is 0 Å². The van der Waals surface area contributed by atoms with Crippen LogP contribution < -0.4 is 11.3 Å². The summed E-state index contributed by atoms with van der Waals surface area (Å²) in [6.45, 7) is 16.5. The van der Waals surface area contributed by atoms with Crippen LogP contribution in [0.15, 0.2) is 11.6 Å². The molecule has 5 aliphatic rings. The maximum Gasteiger partial charge on any atom is 0.240 e. The van der Waals surface area contributed by atoms with Crippen LogP contribution in [0.25, 0.3) is 0 Å². The first kappa shape index (κ1) is 25.7. The van der Waals surface area contributed by atoms with Gasteiger partial charge in [-0.05, 0) is 103 Å². The zero-order valence-electron chi connectivity index (χ0n) is 23.2. The van der Waals surface area contributed by atoms with Crippen LogP contribution in [-0.4, -0.2) is 28.3 Å². The topological polar surface area (TPSA) is 95.6 Å². The van der Waals surface area contributed by atoms with Gasteiger partial charge in [-0.2, -0.15) is 0 Å². The van der Waals surface area contributed by atoms with Gasteiger partial charge in [0.15, 0.2) is 0 Å². The number of fused-ring (bicyclic) bond motifs is 7. The predicted octanol–water partition coefficient (Wildman–Crippen LogP) is 5.11. The summed E-state index contributed by atoms with van der Waals surface area (Å²) < 4.78 is 0. The summed E-state index contributed by atoms with van der Waals surface area (Å²) in [4.78, 5) is 13.3. The van der Waals surface area contributed by atoms with E-state index in [1.165, 1.54) is 5.57 Å². The molecule has 0 spiro atoms. The molecule has 0 aromatic rings. The fourth-order valence-electron chi connectivity index (χ4n) is 10.9. The number of rotatable bonds is 1. The fraction of sp³-hybridized carbons (Fsp3) is 0.900. The molecule has 0 heterocycles. The third kappa shape index (κ3) is 3.13. The maximum absolute atomic E-state index is 13.3. The highest BCUT2D eigenvalue weighted by Crippen LogP contribution is 2.75. The molecule has 5 nitrogen and oxygen atoms in total. The van der Waals surface area contributed by atoms with E-state index in [1.54, 1.807) is 0 Å². The van der Waals surface area contributed by atoms with Crippen molar-refractivity contribution >= 4 is 5.91 Å². The number of amides is 1. The molecule has 0 aromatic carbocycles. The van der Waals surface area contributed by atoms with Gasteiger partial charge in [-0.1, -0.05) is 60.1 Å². The normalized spacial score (nSPS) is 52.2.